The Labute approximate surface area is 163 Å². The Morgan fingerprint density at radius 3 is 2.79 bits per heavy atom. The minimum absolute atomic E-state index is 0.311. The molecule has 1 N–H and O–H groups in total. The molecule has 0 spiro atoms. The van der Waals surface area contributed by atoms with Crippen LogP contribution in [0.25, 0.3) is 5.69 Å². The third kappa shape index (κ3) is 3.48. The fourth-order valence-electron chi connectivity index (χ4n) is 3.85. The van der Waals surface area contributed by atoms with E-state index in [1.54, 1.807) is 11.6 Å². The van der Waals surface area contributed by atoms with Crippen LogP contribution in [-0.4, -0.2) is 46.1 Å². The van der Waals surface area contributed by atoms with Crippen molar-refractivity contribution in [1.29, 1.82) is 0 Å². The first kappa shape index (κ1) is 18.5. The number of rotatable bonds is 4. The van der Waals surface area contributed by atoms with Crippen molar-refractivity contribution in [3.63, 3.8) is 0 Å². The summed E-state index contributed by atoms with van der Waals surface area (Å²) in [7, 11) is 0. The van der Waals surface area contributed by atoms with Gasteiger partial charge in [0.2, 0.25) is 0 Å². The molecule has 9 heteroatoms. The molecular weight excluding hydrogens is 362 g/mol. The lowest BCUT2D eigenvalue weighted by atomic mass is 9.76. The maximum atomic E-state index is 12.3. The highest BCUT2D eigenvalue weighted by Crippen LogP contribution is 2.40. The topological polar surface area (TPSA) is 100 Å². The van der Waals surface area contributed by atoms with Gasteiger partial charge in [-0.15, -0.1) is 5.10 Å². The van der Waals surface area contributed by atoms with Crippen molar-refractivity contribution in [3.8, 4) is 17.2 Å². The summed E-state index contributed by atoms with van der Waals surface area (Å²) in [5.41, 5.74) is 0.0862. The van der Waals surface area contributed by atoms with E-state index in [-0.39, 0.29) is 0 Å². The van der Waals surface area contributed by atoms with Gasteiger partial charge < -0.3 is 19.5 Å². The zero-order valence-electron chi connectivity index (χ0n) is 16.2. The Kier molecular flexibility index (Phi) is 5.06. The SMILES string of the molecule is CCOC(=O)NC1(c2nnnn2-c2ccc3c(c2)OCCO3)CCC(C)CC1. The van der Waals surface area contributed by atoms with E-state index < -0.39 is 11.6 Å². The molecule has 4 rings (SSSR count). The molecule has 2 heterocycles. The molecule has 1 aromatic carbocycles. The molecular formula is C19H25N5O4. The summed E-state index contributed by atoms with van der Waals surface area (Å²) in [5.74, 6) is 2.56. The highest BCUT2D eigenvalue weighted by Gasteiger charge is 2.42. The summed E-state index contributed by atoms with van der Waals surface area (Å²) in [6.07, 6.45) is 2.99. The van der Waals surface area contributed by atoms with Crippen molar-refractivity contribution in [2.24, 2.45) is 5.92 Å². The second-order valence-electron chi connectivity index (χ2n) is 7.35. The molecule has 9 nitrogen and oxygen atoms in total. The first-order valence-electron chi connectivity index (χ1n) is 9.75. The Hall–Kier alpha value is -2.84. The van der Waals surface area contributed by atoms with E-state index in [2.05, 4.69) is 27.8 Å². The number of carbonyl (C=O) groups excluding carboxylic acids is 1. The van der Waals surface area contributed by atoms with E-state index >= 15 is 0 Å². The second-order valence-corrected chi connectivity index (χ2v) is 7.35. The third-order valence-electron chi connectivity index (χ3n) is 5.41. The van der Waals surface area contributed by atoms with Crippen molar-refractivity contribution in [1.82, 2.24) is 25.5 Å². The summed E-state index contributed by atoms with van der Waals surface area (Å²) in [5, 5.41) is 15.4. The summed E-state index contributed by atoms with van der Waals surface area (Å²) in [6.45, 7) is 5.36. The van der Waals surface area contributed by atoms with E-state index in [0.717, 1.165) is 31.4 Å². The zero-order chi connectivity index (χ0) is 19.6. The van der Waals surface area contributed by atoms with E-state index in [4.69, 9.17) is 14.2 Å². The first-order valence-corrected chi connectivity index (χ1v) is 9.75. The molecule has 0 bridgehead atoms. The first-order chi connectivity index (χ1) is 13.6. The van der Waals surface area contributed by atoms with Crippen LogP contribution in [0, 0.1) is 5.92 Å². The molecule has 2 aromatic rings. The van der Waals surface area contributed by atoms with Gasteiger partial charge >= 0.3 is 6.09 Å². The number of amides is 1. The second kappa shape index (κ2) is 7.65. The molecule has 0 unspecified atom stereocenters. The smallest absolute Gasteiger partial charge is 0.407 e. The van der Waals surface area contributed by atoms with E-state index in [0.29, 0.717) is 43.1 Å². The lowest BCUT2D eigenvalue weighted by Gasteiger charge is -2.38. The zero-order valence-corrected chi connectivity index (χ0v) is 16.2. The Bertz CT molecular complexity index is 845. The van der Waals surface area contributed by atoms with Crippen LogP contribution in [0.15, 0.2) is 18.2 Å². The van der Waals surface area contributed by atoms with Gasteiger partial charge in [-0.1, -0.05) is 6.92 Å². The number of alkyl carbamates (subject to hydrolysis) is 1. The molecule has 150 valence electrons. The van der Waals surface area contributed by atoms with Gasteiger partial charge in [-0.2, -0.15) is 4.68 Å². The van der Waals surface area contributed by atoms with Gasteiger partial charge in [-0.25, -0.2) is 4.79 Å². The van der Waals surface area contributed by atoms with Crippen LogP contribution in [0.2, 0.25) is 0 Å². The van der Waals surface area contributed by atoms with Gasteiger partial charge in [-0.05, 0) is 61.1 Å². The number of aromatic nitrogens is 4. The predicted octanol–water partition coefficient (Wildman–Crippen LogP) is 2.58. The molecule has 0 radical (unpaired) electrons. The average Bonchev–Trinajstić information content (AvgIpc) is 3.20. The fourth-order valence-corrected chi connectivity index (χ4v) is 3.85. The van der Waals surface area contributed by atoms with Crippen LogP contribution in [0.4, 0.5) is 4.79 Å². The highest BCUT2D eigenvalue weighted by atomic mass is 16.6. The normalized spacial score (nSPS) is 23.9. The number of hydrogen-bond acceptors (Lipinski definition) is 7. The van der Waals surface area contributed by atoms with Crippen LogP contribution in [0.1, 0.15) is 45.4 Å². The molecule has 1 aliphatic heterocycles. The van der Waals surface area contributed by atoms with Crippen LogP contribution in [-0.2, 0) is 10.3 Å². The Morgan fingerprint density at radius 2 is 2.04 bits per heavy atom. The minimum Gasteiger partial charge on any atom is -0.486 e. The van der Waals surface area contributed by atoms with E-state index in [1.165, 1.54) is 0 Å². The maximum Gasteiger partial charge on any atom is 0.407 e. The Morgan fingerprint density at radius 1 is 1.29 bits per heavy atom. The average molecular weight is 387 g/mol. The van der Waals surface area contributed by atoms with Crippen LogP contribution in [0.5, 0.6) is 11.5 Å². The van der Waals surface area contributed by atoms with Crippen LogP contribution in [0.3, 0.4) is 0 Å². The van der Waals surface area contributed by atoms with Crippen molar-refractivity contribution < 1.29 is 19.0 Å². The standard InChI is InChI=1S/C19H25N5O4/c1-3-26-18(25)20-19(8-6-13(2)7-9-19)17-21-22-23-24(17)14-4-5-15-16(12-14)28-11-10-27-15/h4-5,12-13H,3,6-11H2,1-2H3,(H,20,25). The summed E-state index contributed by atoms with van der Waals surface area (Å²) < 4.78 is 18.1. The fraction of sp³-hybridized carbons (Fsp3) is 0.579. The molecule has 1 aliphatic carbocycles. The number of hydrogen-bond donors (Lipinski definition) is 1. The molecule has 1 aromatic heterocycles. The van der Waals surface area contributed by atoms with Crippen molar-refractivity contribution >= 4 is 6.09 Å². The van der Waals surface area contributed by atoms with Crippen molar-refractivity contribution in [2.45, 2.75) is 45.1 Å². The predicted molar refractivity (Wildman–Crippen MR) is 99.6 cm³/mol. The number of carbonyl (C=O) groups is 1. The third-order valence-corrected chi connectivity index (χ3v) is 5.41. The maximum absolute atomic E-state index is 12.3. The van der Waals surface area contributed by atoms with Gasteiger partial charge in [0.25, 0.3) is 0 Å². The molecule has 28 heavy (non-hydrogen) atoms. The molecule has 1 amide bonds. The lowest BCUT2D eigenvalue weighted by Crippen LogP contribution is -2.50. The number of nitrogens with zero attached hydrogens (tertiary/aromatic N) is 4. The molecule has 0 saturated heterocycles. The molecule has 2 aliphatic rings. The van der Waals surface area contributed by atoms with Gasteiger partial charge in [0.05, 0.1) is 12.3 Å². The number of ether oxygens (including phenoxy) is 3. The monoisotopic (exact) mass is 387 g/mol. The Balaban J connectivity index is 1.71. The van der Waals surface area contributed by atoms with Crippen LogP contribution < -0.4 is 14.8 Å². The minimum atomic E-state index is -0.671. The molecule has 1 fully saturated rings. The van der Waals surface area contributed by atoms with Crippen molar-refractivity contribution in [2.75, 3.05) is 19.8 Å². The van der Waals surface area contributed by atoms with Gasteiger partial charge in [-0.3, -0.25) is 0 Å². The van der Waals surface area contributed by atoms with Gasteiger partial charge in [0.1, 0.15) is 18.8 Å². The summed E-state index contributed by atoms with van der Waals surface area (Å²) >= 11 is 0. The molecule has 0 atom stereocenters. The number of nitrogens with one attached hydrogen (secondary N) is 1. The van der Waals surface area contributed by atoms with Gasteiger partial charge in [0.15, 0.2) is 17.3 Å². The highest BCUT2D eigenvalue weighted by molar-refractivity contribution is 5.68. The molecule has 1 saturated carbocycles. The van der Waals surface area contributed by atoms with Gasteiger partial charge in [0, 0.05) is 6.07 Å². The van der Waals surface area contributed by atoms with Crippen LogP contribution >= 0.6 is 0 Å². The summed E-state index contributed by atoms with van der Waals surface area (Å²) in [6, 6.07) is 5.60. The lowest BCUT2D eigenvalue weighted by molar-refractivity contribution is 0.117. The number of benzene rings is 1. The van der Waals surface area contributed by atoms with E-state index in [1.807, 2.05) is 18.2 Å². The van der Waals surface area contributed by atoms with Crippen molar-refractivity contribution in [3.05, 3.63) is 24.0 Å². The number of fused-ring (bicyclic) bond motifs is 1. The number of tetrazole rings is 1. The quantitative estimate of drug-likeness (QED) is 0.860. The van der Waals surface area contributed by atoms with E-state index in [9.17, 15) is 4.79 Å². The largest absolute Gasteiger partial charge is 0.486 e. The summed E-state index contributed by atoms with van der Waals surface area (Å²) in [4.78, 5) is 12.3.